The molecule has 8 heteroatoms. The summed E-state index contributed by atoms with van der Waals surface area (Å²) in [5.74, 6) is -1.35. The molecular weight excluding hydrogens is 368 g/mol. The number of benzene rings is 1. The molecule has 1 aromatic carbocycles. The van der Waals surface area contributed by atoms with Crippen molar-refractivity contribution in [3.05, 3.63) is 29.8 Å². The van der Waals surface area contributed by atoms with Crippen LogP contribution < -0.4 is 5.32 Å². The van der Waals surface area contributed by atoms with Crippen molar-refractivity contribution in [3.8, 4) is 0 Å². The average molecular weight is 397 g/mol. The van der Waals surface area contributed by atoms with Crippen LogP contribution in [0.3, 0.4) is 0 Å². The van der Waals surface area contributed by atoms with Gasteiger partial charge in [-0.25, -0.2) is 8.42 Å². The van der Waals surface area contributed by atoms with Crippen LogP contribution in [0.15, 0.2) is 29.2 Å². The predicted octanol–water partition coefficient (Wildman–Crippen LogP) is 2.48. The Labute approximate surface area is 160 Å². The molecule has 150 valence electrons. The molecule has 1 aliphatic heterocycles. The van der Waals surface area contributed by atoms with Crippen molar-refractivity contribution in [2.45, 2.75) is 57.4 Å². The van der Waals surface area contributed by atoms with Crippen LogP contribution in [-0.2, 0) is 14.8 Å². The Morgan fingerprint density at radius 1 is 1.30 bits per heavy atom. The number of hydrogen-bond acceptors (Lipinski definition) is 4. The van der Waals surface area contributed by atoms with Crippen LogP contribution in [0.25, 0.3) is 0 Å². The molecule has 0 spiro atoms. The van der Waals surface area contributed by atoms with Crippen molar-refractivity contribution in [2.24, 2.45) is 5.41 Å². The molecule has 0 saturated carbocycles. The summed E-state index contributed by atoms with van der Waals surface area (Å²) in [6, 6.07) is 5.93. The van der Waals surface area contributed by atoms with Gasteiger partial charge in [0, 0.05) is 24.7 Å². The fourth-order valence-electron chi connectivity index (χ4n) is 3.06. The zero-order valence-electron chi connectivity index (χ0n) is 16.1. The molecule has 1 aromatic rings. The Hall–Kier alpha value is -1.93. The first-order valence-electron chi connectivity index (χ1n) is 9.19. The zero-order valence-corrected chi connectivity index (χ0v) is 16.9. The van der Waals surface area contributed by atoms with E-state index in [1.54, 1.807) is 26.0 Å². The molecule has 0 bridgehead atoms. The predicted molar refractivity (Wildman–Crippen MR) is 102 cm³/mol. The van der Waals surface area contributed by atoms with Gasteiger partial charge in [0.05, 0.1) is 10.3 Å². The summed E-state index contributed by atoms with van der Waals surface area (Å²) in [7, 11) is -3.65. The number of sulfonamides is 1. The van der Waals surface area contributed by atoms with Crippen molar-refractivity contribution >= 4 is 21.9 Å². The molecule has 1 heterocycles. The number of rotatable bonds is 7. The van der Waals surface area contributed by atoms with Gasteiger partial charge in [0.1, 0.15) is 0 Å². The maximum absolute atomic E-state index is 12.9. The van der Waals surface area contributed by atoms with E-state index in [0.29, 0.717) is 6.54 Å². The minimum atomic E-state index is -3.65. The summed E-state index contributed by atoms with van der Waals surface area (Å²) >= 11 is 0. The Balaban J connectivity index is 2.10. The SMILES string of the molecule is CC1CCCCN1S(=O)(=O)c1cccc(C(=O)NCCC(C)(C)C(=O)O)c1. The van der Waals surface area contributed by atoms with Crippen molar-refractivity contribution < 1.29 is 23.1 Å². The molecule has 7 nitrogen and oxygen atoms in total. The standard InChI is InChI=1S/C19H28N2O5S/c1-14-7-4-5-12-21(14)27(25,26)16-9-6-8-15(13-16)17(22)20-11-10-19(2,3)18(23)24/h6,8-9,13-14H,4-5,7,10-12H2,1-3H3,(H,20,22)(H,23,24). The monoisotopic (exact) mass is 396 g/mol. The van der Waals surface area contributed by atoms with Crippen LogP contribution in [0.2, 0.25) is 0 Å². The number of nitrogens with zero attached hydrogens (tertiary/aromatic N) is 1. The van der Waals surface area contributed by atoms with Crippen LogP contribution in [0.1, 0.15) is 56.8 Å². The van der Waals surface area contributed by atoms with Gasteiger partial charge in [0.15, 0.2) is 0 Å². The molecule has 1 amide bonds. The van der Waals surface area contributed by atoms with Gasteiger partial charge in [0.2, 0.25) is 10.0 Å². The van der Waals surface area contributed by atoms with Crippen molar-refractivity contribution in [1.29, 1.82) is 0 Å². The lowest BCUT2D eigenvalue weighted by molar-refractivity contribution is -0.147. The molecule has 1 unspecified atom stereocenters. The molecule has 2 rings (SSSR count). The normalized spacial score (nSPS) is 18.9. The number of carbonyl (C=O) groups excluding carboxylic acids is 1. The van der Waals surface area contributed by atoms with Gasteiger partial charge in [-0.05, 0) is 58.2 Å². The van der Waals surface area contributed by atoms with Gasteiger partial charge in [-0.1, -0.05) is 12.5 Å². The summed E-state index contributed by atoms with van der Waals surface area (Å²) in [6.45, 7) is 5.77. The number of nitrogens with one attached hydrogen (secondary N) is 1. The number of amides is 1. The largest absolute Gasteiger partial charge is 0.481 e. The van der Waals surface area contributed by atoms with E-state index in [9.17, 15) is 18.0 Å². The molecule has 1 fully saturated rings. The highest BCUT2D eigenvalue weighted by molar-refractivity contribution is 7.89. The van der Waals surface area contributed by atoms with E-state index in [0.717, 1.165) is 19.3 Å². The maximum Gasteiger partial charge on any atom is 0.309 e. The van der Waals surface area contributed by atoms with Crippen LogP contribution in [0.4, 0.5) is 0 Å². The number of aliphatic carboxylic acids is 1. The van der Waals surface area contributed by atoms with E-state index in [4.69, 9.17) is 5.11 Å². The molecule has 0 aromatic heterocycles. The van der Waals surface area contributed by atoms with Gasteiger partial charge in [-0.2, -0.15) is 4.31 Å². The van der Waals surface area contributed by atoms with E-state index in [-0.39, 0.29) is 29.5 Å². The van der Waals surface area contributed by atoms with Crippen LogP contribution in [0, 0.1) is 5.41 Å². The van der Waals surface area contributed by atoms with Gasteiger partial charge < -0.3 is 10.4 Å². The average Bonchev–Trinajstić information content (AvgIpc) is 2.61. The molecule has 2 N–H and O–H groups in total. The Bertz CT molecular complexity index is 804. The van der Waals surface area contributed by atoms with Gasteiger partial charge in [0.25, 0.3) is 5.91 Å². The minimum absolute atomic E-state index is 0.0560. The number of carboxylic acids is 1. The molecule has 27 heavy (non-hydrogen) atoms. The third kappa shape index (κ3) is 5.07. The molecule has 0 aliphatic carbocycles. The molecule has 1 saturated heterocycles. The fraction of sp³-hybridized carbons (Fsp3) is 0.579. The Morgan fingerprint density at radius 3 is 2.63 bits per heavy atom. The molecule has 1 aliphatic rings. The second-order valence-corrected chi connectivity index (χ2v) is 9.57. The lowest BCUT2D eigenvalue weighted by atomic mass is 9.90. The summed E-state index contributed by atoms with van der Waals surface area (Å²) in [5, 5.41) is 11.8. The topological polar surface area (TPSA) is 104 Å². The third-order valence-electron chi connectivity index (χ3n) is 5.06. The quantitative estimate of drug-likeness (QED) is 0.737. The number of carboxylic acid groups (broad SMARTS) is 1. The summed E-state index contributed by atoms with van der Waals surface area (Å²) in [5.41, 5.74) is -0.697. The first-order valence-corrected chi connectivity index (χ1v) is 10.6. The van der Waals surface area contributed by atoms with Crippen molar-refractivity contribution in [3.63, 3.8) is 0 Å². The van der Waals surface area contributed by atoms with Crippen LogP contribution in [-0.4, -0.2) is 48.8 Å². The summed E-state index contributed by atoms with van der Waals surface area (Å²) in [6.07, 6.45) is 2.96. The second-order valence-electron chi connectivity index (χ2n) is 7.68. The number of carbonyl (C=O) groups is 2. The van der Waals surface area contributed by atoms with Gasteiger partial charge in [-0.15, -0.1) is 0 Å². The molecule has 1 atom stereocenters. The second kappa shape index (κ2) is 8.39. The van der Waals surface area contributed by atoms with Gasteiger partial charge >= 0.3 is 5.97 Å². The Kier molecular flexibility index (Phi) is 6.64. The first kappa shape index (κ1) is 21.4. The number of piperidine rings is 1. The summed E-state index contributed by atoms with van der Waals surface area (Å²) < 4.78 is 27.3. The Morgan fingerprint density at radius 2 is 2.00 bits per heavy atom. The van der Waals surface area contributed by atoms with E-state index < -0.39 is 27.3 Å². The van der Waals surface area contributed by atoms with Gasteiger partial charge in [-0.3, -0.25) is 9.59 Å². The molecular formula is C19H28N2O5S. The van der Waals surface area contributed by atoms with Crippen molar-refractivity contribution in [1.82, 2.24) is 9.62 Å². The van der Waals surface area contributed by atoms with Crippen molar-refractivity contribution in [2.75, 3.05) is 13.1 Å². The molecule has 0 radical (unpaired) electrons. The third-order valence-corrected chi connectivity index (χ3v) is 7.07. The highest BCUT2D eigenvalue weighted by atomic mass is 32.2. The number of hydrogen-bond donors (Lipinski definition) is 2. The van der Waals surface area contributed by atoms with Crippen LogP contribution >= 0.6 is 0 Å². The van der Waals surface area contributed by atoms with E-state index >= 15 is 0 Å². The smallest absolute Gasteiger partial charge is 0.309 e. The summed E-state index contributed by atoms with van der Waals surface area (Å²) in [4.78, 5) is 23.6. The maximum atomic E-state index is 12.9. The fourth-order valence-corrected chi connectivity index (χ4v) is 4.81. The van der Waals surface area contributed by atoms with Crippen LogP contribution in [0.5, 0.6) is 0 Å². The highest BCUT2D eigenvalue weighted by Gasteiger charge is 2.31. The minimum Gasteiger partial charge on any atom is -0.481 e. The zero-order chi connectivity index (χ0) is 20.2. The van der Waals surface area contributed by atoms with E-state index in [1.807, 2.05) is 6.92 Å². The highest BCUT2D eigenvalue weighted by Crippen LogP contribution is 2.25. The van der Waals surface area contributed by atoms with E-state index in [2.05, 4.69) is 5.32 Å². The first-order chi connectivity index (χ1) is 12.6. The van der Waals surface area contributed by atoms with E-state index in [1.165, 1.54) is 16.4 Å². The lowest BCUT2D eigenvalue weighted by Gasteiger charge is -2.32. The lowest BCUT2D eigenvalue weighted by Crippen LogP contribution is -2.42.